The Morgan fingerprint density at radius 1 is 1.44 bits per heavy atom. The van der Waals surface area contributed by atoms with Crippen LogP contribution in [0.2, 0.25) is 0 Å². The molecule has 0 heterocycles. The maximum atomic E-state index is 3.65. The van der Waals surface area contributed by atoms with Crippen LogP contribution in [-0.2, 0) is 5.41 Å². The zero-order valence-electron chi connectivity index (χ0n) is 10.3. The summed E-state index contributed by atoms with van der Waals surface area (Å²) in [6.07, 6.45) is 2.40. The van der Waals surface area contributed by atoms with E-state index in [2.05, 4.69) is 60.2 Å². The average Bonchev–Trinajstić information content (AvgIpc) is 2.47. The molecule has 1 aromatic carbocycles. The quantitative estimate of drug-likeness (QED) is 0.877. The van der Waals surface area contributed by atoms with Gasteiger partial charge in [-0.25, -0.2) is 0 Å². The molecule has 1 aromatic rings. The van der Waals surface area contributed by atoms with Crippen molar-refractivity contribution in [2.24, 2.45) is 0 Å². The van der Waals surface area contributed by atoms with E-state index < -0.39 is 0 Å². The van der Waals surface area contributed by atoms with E-state index in [0.29, 0.717) is 11.5 Å². The molecule has 1 unspecified atom stereocenters. The summed E-state index contributed by atoms with van der Waals surface area (Å²) < 4.78 is 1.19. The number of hydrogen-bond donors (Lipinski definition) is 1. The van der Waals surface area contributed by atoms with Gasteiger partial charge >= 0.3 is 0 Å². The van der Waals surface area contributed by atoms with E-state index in [4.69, 9.17) is 0 Å². The molecule has 2 heteroatoms. The Labute approximate surface area is 107 Å². The molecule has 1 nitrogen and oxygen atoms in total. The Morgan fingerprint density at radius 2 is 2.19 bits per heavy atom. The first kappa shape index (κ1) is 12.1. The van der Waals surface area contributed by atoms with Gasteiger partial charge in [-0.3, -0.25) is 0 Å². The second kappa shape index (κ2) is 4.50. The van der Waals surface area contributed by atoms with Crippen molar-refractivity contribution < 1.29 is 0 Å². The molecule has 1 N–H and O–H groups in total. The van der Waals surface area contributed by atoms with Crippen molar-refractivity contribution in [2.75, 3.05) is 6.54 Å². The summed E-state index contributed by atoms with van der Waals surface area (Å²) in [4.78, 5) is 0. The summed E-state index contributed by atoms with van der Waals surface area (Å²) in [5.41, 5.74) is 3.29. The van der Waals surface area contributed by atoms with Crippen LogP contribution in [-0.4, -0.2) is 6.54 Å². The Hall–Kier alpha value is -0.340. The highest BCUT2D eigenvalue weighted by Gasteiger charge is 2.36. The van der Waals surface area contributed by atoms with E-state index >= 15 is 0 Å². The van der Waals surface area contributed by atoms with Crippen LogP contribution in [0.1, 0.15) is 50.8 Å². The molecular formula is C14H20BrN. The first-order chi connectivity index (χ1) is 7.54. The molecule has 1 aliphatic carbocycles. The minimum atomic E-state index is 0.307. The van der Waals surface area contributed by atoms with Gasteiger partial charge in [0.15, 0.2) is 0 Å². The van der Waals surface area contributed by atoms with Crippen LogP contribution in [0.25, 0.3) is 0 Å². The summed E-state index contributed by atoms with van der Waals surface area (Å²) in [5.74, 6) is 0. The summed E-state index contributed by atoms with van der Waals surface area (Å²) in [6.45, 7) is 8.00. The lowest BCUT2D eigenvalue weighted by Gasteiger charge is -2.19. The van der Waals surface area contributed by atoms with E-state index in [-0.39, 0.29) is 0 Å². The standard InChI is InChI=1S/C14H20BrN/c1-4-7-16-13-9-14(2,3)12-6-5-10(15)8-11(12)13/h5-6,8,13,16H,4,7,9H2,1-3H3. The van der Waals surface area contributed by atoms with Gasteiger partial charge in [0.25, 0.3) is 0 Å². The molecule has 0 saturated carbocycles. The smallest absolute Gasteiger partial charge is 0.0331 e. The van der Waals surface area contributed by atoms with Crippen LogP contribution >= 0.6 is 15.9 Å². The number of halogens is 1. The third kappa shape index (κ3) is 2.18. The Balaban J connectivity index is 2.32. The molecule has 0 spiro atoms. The largest absolute Gasteiger partial charge is 0.310 e. The van der Waals surface area contributed by atoms with Gasteiger partial charge in [-0.2, -0.15) is 0 Å². The van der Waals surface area contributed by atoms with Crippen molar-refractivity contribution in [1.29, 1.82) is 0 Å². The number of benzene rings is 1. The number of rotatable bonds is 3. The number of hydrogen-bond acceptors (Lipinski definition) is 1. The summed E-state index contributed by atoms with van der Waals surface area (Å²) >= 11 is 3.57. The van der Waals surface area contributed by atoms with E-state index in [1.807, 2.05) is 0 Å². The summed E-state index contributed by atoms with van der Waals surface area (Å²) in [5, 5.41) is 3.65. The fourth-order valence-corrected chi connectivity index (χ4v) is 3.05. The van der Waals surface area contributed by atoms with Gasteiger partial charge in [0.05, 0.1) is 0 Å². The van der Waals surface area contributed by atoms with Crippen LogP contribution in [0.15, 0.2) is 22.7 Å². The van der Waals surface area contributed by atoms with Gasteiger partial charge in [0.1, 0.15) is 0 Å². The molecule has 0 saturated heterocycles. The predicted octanol–water partition coefficient (Wildman–Crippen LogP) is 4.17. The number of nitrogens with one attached hydrogen (secondary N) is 1. The molecular weight excluding hydrogens is 262 g/mol. The van der Waals surface area contributed by atoms with E-state index in [0.717, 1.165) is 6.54 Å². The number of fused-ring (bicyclic) bond motifs is 1. The highest BCUT2D eigenvalue weighted by molar-refractivity contribution is 9.10. The third-order valence-electron chi connectivity index (χ3n) is 3.47. The van der Waals surface area contributed by atoms with E-state index in [1.54, 1.807) is 0 Å². The minimum absolute atomic E-state index is 0.307. The van der Waals surface area contributed by atoms with Gasteiger partial charge in [-0.1, -0.05) is 42.8 Å². The molecule has 88 valence electrons. The lowest BCUT2D eigenvalue weighted by atomic mass is 9.86. The van der Waals surface area contributed by atoms with E-state index in [9.17, 15) is 0 Å². The summed E-state index contributed by atoms with van der Waals surface area (Å²) in [6, 6.07) is 7.23. The van der Waals surface area contributed by atoms with Gasteiger partial charge in [-0.05, 0) is 48.1 Å². The normalized spacial score (nSPS) is 22.1. The highest BCUT2D eigenvalue weighted by atomic mass is 79.9. The maximum Gasteiger partial charge on any atom is 0.0331 e. The first-order valence-electron chi connectivity index (χ1n) is 6.08. The second-order valence-electron chi connectivity index (χ2n) is 5.33. The van der Waals surface area contributed by atoms with Crippen LogP contribution in [0.3, 0.4) is 0 Å². The maximum absolute atomic E-state index is 3.65. The lowest BCUT2D eigenvalue weighted by Crippen LogP contribution is -2.22. The van der Waals surface area contributed by atoms with Gasteiger partial charge < -0.3 is 5.32 Å². The average molecular weight is 282 g/mol. The van der Waals surface area contributed by atoms with Crippen LogP contribution in [0.5, 0.6) is 0 Å². The Bertz CT molecular complexity index is 384. The van der Waals surface area contributed by atoms with Gasteiger partial charge in [-0.15, -0.1) is 0 Å². The molecule has 0 bridgehead atoms. The zero-order chi connectivity index (χ0) is 11.8. The molecule has 0 radical (unpaired) electrons. The zero-order valence-corrected chi connectivity index (χ0v) is 11.9. The van der Waals surface area contributed by atoms with Crippen molar-refractivity contribution >= 4 is 15.9 Å². The topological polar surface area (TPSA) is 12.0 Å². The van der Waals surface area contributed by atoms with Gasteiger partial charge in [0, 0.05) is 10.5 Å². The molecule has 0 aromatic heterocycles. The monoisotopic (exact) mass is 281 g/mol. The van der Waals surface area contributed by atoms with Crippen molar-refractivity contribution in [3.8, 4) is 0 Å². The van der Waals surface area contributed by atoms with Crippen LogP contribution < -0.4 is 5.32 Å². The van der Waals surface area contributed by atoms with Crippen molar-refractivity contribution in [1.82, 2.24) is 5.32 Å². The fourth-order valence-electron chi connectivity index (χ4n) is 2.67. The van der Waals surface area contributed by atoms with Crippen molar-refractivity contribution in [3.63, 3.8) is 0 Å². The lowest BCUT2D eigenvalue weighted by molar-refractivity contribution is 0.427. The molecule has 2 rings (SSSR count). The molecule has 0 fully saturated rings. The molecule has 1 aliphatic rings. The van der Waals surface area contributed by atoms with Crippen LogP contribution in [0, 0.1) is 0 Å². The van der Waals surface area contributed by atoms with E-state index in [1.165, 1.54) is 28.4 Å². The van der Waals surface area contributed by atoms with Crippen LogP contribution in [0.4, 0.5) is 0 Å². The first-order valence-corrected chi connectivity index (χ1v) is 6.87. The predicted molar refractivity (Wildman–Crippen MR) is 72.8 cm³/mol. The SMILES string of the molecule is CCCNC1CC(C)(C)c2ccc(Br)cc21. The summed E-state index contributed by atoms with van der Waals surface area (Å²) in [7, 11) is 0. The molecule has 0 aliphatic heterocycles. The Kier molecular flexibility index (Phi) is 3.41. The van der Waals surface area contributed by atoms with Crippen molar-refractivity contribution in [2.45, 2.75) is 45.1 Å². The van der Waals surface area contributed by atoms with Crippen molar-refractivity contribution in [3.05, 3.63) is 33.8 Å². The molecule has 0 amide bonds. The Morgan fingerprint density at radius 3 is 2.88 bits per heavy atom. The fraction of sp³-hybridized carbons (Fsp3) is 0.571. The molecule has 16 heavy (non-hydrogen) atoms. The molecule has 1 atom stereocenters. The highest BCUT2D eigenvalue weighted by Crippen LogP contribution is 2.45. The second-order valence-corrected chi connectivity index (χ2v) is 6.24. The van der Waals surface area contributed by atoms with Gasteiger partial charge in [0.2, 0.25) is 0 Å². The minimum Gasteiger partial charge on any atom is -0.310 e. The third-order valence-corrected chi connectivity index (χ3v) is 3.97.